The van der Waals surface area contributed by atoms with Crippen molar-refractivity contribution in [2.75, 3.05) is 50.9 Å². The number of nitrogens with zero attached hydrogens (tertiary/aromatic N) is 3. The van der Waals surface area contributed by atoms with Gasteiger partial charge in [-0.2, -0.15) is 0 Å². The maximum Gasteiger partial charge on any atom is 0.266 e. The van der Waals surface area contributed by atoms with Gasteiger partial charge in [0.25, 0.3) is 5.91 Å². The van der Waals surface area contributed by atoms with Gasteiger partial charge in [-0.15, -0.1) is 0 Å². The number of hydrogen-bond donors (Lipinski definition) is 0. The zero-order chi connectivity index (χ0) is 22.5. The molecule has 1 aliphatic heterocycles. The molecule has 1 aliphatic rings. The van der Waals surface area contributed by atoms with Crippen LogP contribution in [-0.4, -0.2) is 61.8 Å². The molecule has 0 N–H and O–H groups in total. The van der Waals surface area contributed by atoms with E-state index in [1.165, 1.54) is 11.1 Å². The molecule has 0 saturated carbocycles. The summed E-state index contributed by atoms with van der Waals surface area (Å²) >= 11 is 1.58. The zero-order valence-corrected chi connectivity index (χ0v) is 19.9. The third-order valence-corrected chi connectivity index (χ3v) is 6.91. The maximum absolute atomic E-state index is 13.2. The summed E-state index contributed by atoms with van der Waals surface area (Å²) in [6, 6.07) is 12.0. The molecular formula is C25H31N3O3S. The molecule has 0 atom stereocenters. The lowest BCUT2D eigenvalue weighted by atomic mass is 10.1. The Hall–Kier alpha value is -2.48. The lowest BCUT2D eigenvalue weighted by Crippen LogP contribution is -2.40. The van der Waals surface area contributed by atoms with Crippen LogP contribution in [0.1, 0.15) is 23.1 Å². The Morgan fingerprint density at radius 1 is 1.12 bits per heavy atom. The second kappa shape index (κ2) is 10.4. The van der Waals surface area contributed by atoms with Gasteiger partial charge in [0.15, 0.2) is 11.7 Å². The summed E-state index contributed by atoms with van der Waals surface area (Å²) in [6.07, 6.45) is 0.879. The van der Waals surface area contributed by atoms with E-state index in [0.717, 1.165) is 60.2 Å². The minimum absolute atomic E-state index is 0.00541. The Bertz CT molecular complexity index is 1060. The van der Waals surface area contributed by atoms with E-state index >= 15 is 0 Å². The average Bonchev–Trinajstić information content (AvgIpc) is 3.21. The number of thiazole rings is 1. The molecule has 0 unspecified atom stereocenters. The molecule has 2 heterocycles. The number of amides is 1. The van der Waals surface area contributed by atoms with Crippen LogP contribution in [0, 0.1) is 20.8 Å². The second-order valence-electron chi connectivity index (χ2n) is 8.38. The predicted molar refractivity (Wildman–Crippen MR) is 130 cm³/mol. The minimum atomic E-state index is -0.0685. The third-order valence-electron chi connectivity index (χ3n) is 5.68. The van der Waals surface area contributed by atoms with Gasteiger partial charge in [0, 0.05) is 26.2 Å². The second-order valence-corrected chi connectivity index (χ2v) is 9.36. The Balaban J connectivity index is 1.49. The first-order valence-electron chi connectivity index (χ1n) is 11.2. The summed E-state index contributed by atoms with van der Waals surface area (Å²) < 4.78 is 12.4. The van der Waals surface area contributed by atoms with Crippen molar-refractivity contribution in [3.63, 3.8) is 0 Å². The van der Waals surface area contributed by atoms with Gasteiger partial charge in [0.2, 0.25) is 0 Å². The number of aromatic nitrogens is 1. The van der Waals surface area contributed by atoms with Crippen molar-refractivity contribution in [2.24, 2.45) is 0 Å². The van der Waals surface area contributed by atoms with Crippen LogP contribution < -0.4 is 9.64 Å². The number of morpholine rings is 1. The van der Waals surface area contributed by atoms with E-state index in [2.05, 4.69) is 30.9 Å². The lowest BCUT2D eigenvalue weighted by Gasteiger charge is -2.27. The minimum Gasteiger partial charge on any atom is -0.484 e. The van der Waals surface area contributed by atoms with E-state index in [-0.39, 0.29) is 12.5 Å². The number of ether oxygens (including phenoxy) is 2. The van der Waals surface area contributed by atoms with Crippen molar-refractivity contribution in [2.45, 2.75) is 27.2 Å². The molecule has 4 rings (SSSR count). The highest BCUT2D eigenvalue weighted by molar-refractivity contribution is 7.22. The third kappa shape index (κ3) is 5.65. The van der Waals surface area contributed by atoms with E-state index in [1.54, 1.807) is 16.2 Å². The molecule has 1 fully saturated rings. The van der Waals surface area contributed by atoms with Gasteiger partial charge < -0.3 is 9.47 Å². The standard InChI is InChI=1S/C25H31N3O3S/c1-18-5-7-21(8-6-18)31-17-23(29)28(10-4-9-27-11-13-30-14-12-27)25-26-22-16-19(2)15-20(3)24(22)32-25/h5-8,15-16H,4,9-14,17H2,1-3H3. The van der Waals surface area contributed by atoms with Gasteiger partial charge in [0.05, 0.1) is 23.4 Å². The SMILES string of the molecule is Cc1ccc(OCC(=O)N(CCCN2CCOCC2)c2nc3cc(C)cc(C)c3s2)cc1. The number of aryl methyl sites for hydroxylation is 3. The summed E-state index contributed by atoms with van der Waals surface area (Å²) in [5.41, 5.74) is 4.49. The first-order valence-corrected chi connectivity index (χ1v) is 12.0. The number of hydrogen-bond acceptors (Lipinski definition) is 6. The number of rotatable bonds is 8. The fraction of sp³-hybridized carbons (Fsp3) is 0.440. The number of carbonyl (C=O) groups is 1. The highest BCUT2D eigenvalue weighted by atomic mass is 32.1. The number of fused-ring (bicyclic) bond motifs is 1. The van der Waals surface area contributed by atoms with Crippen LogP contribution in [0.25, 0.3) is 10.2 Å². The van der Waals surface area contributed by atoms with Crippen molar-refractivity contribution in [3.8, 4) is 5.75 Å². The number of carbonyl (C=O) groups excluding carboxylic acids is 1. The largest absolute Gasteiger partial charge is 0.484 e. The molecule has 1 saturated heterocycles. The lowest BCUT2D eigenvalue weighted by molar-refractivity contribution is -0.120. The van der Waals surface area contributed by atoms with Crippen LogP contribution in [0.2, 0.25) is 0 Å². The molecule has 1 aromatic heterocycles. The topological polar surface area (TPSA) is 54.9 Å². The van der Waals surface area contributed by atoms with Gasteiger partial charge >= 0.3 is 0 Å². The van der Waals surface area contributed by atoms with Gasteiger partial charge in [0.1, 0.15) is 5.75 Å². The summed E-state index contributed by atoms with van der Waals surface area (Å²) in [5.74, 6) is 0.633. The smallest absolute Gasteiger partial charge is 0.266 e. The first kappa shape index (κ1) is 22.7. The van der Waals surface area contributed by atoms with Gasteiger partial charge in [-0.05, 0) is 56.5 Å². The molecule has 2 aromatic carbocycles. The Kier molecular flexibility index (Phi) is 7.40. The van der Waals surface area contributed by atoms with Crippen LogP contribution in [0.3, 0.4) is 0 Å². The molecule has 0 radical (unpaired) electrons. The molecule has 7 heteroatoms. The van der Waals surface area contributed by atoms with E-state index in [4.69, 9.17) is 14.5 Å². The first-order chi connectivity index (χ1) is 15.5. The van der Waals surface area contributed by atoms with Crippen LogP contribution in [-0.2, 0) is 9.53 Å². The van der Waals surface area contributed by atoms with Gasteiger partial charge in [-0.25, -0.2) is 4.98 Å². The molecular weight excluding hydrogens is 422 g/mol. The van der Waals surface area contributed by atoms with Crippen LogP contribution >= 0.6 is 11.3 Å². The molecule has 0 aliphatic carbocycles. The summed E-state index contributed by atoms with van der Waals surface area (Å²) in [7, 11) is 0. The molecule has 6 nitrogen and oxygen atoms in total. The molecule has 32 heavy (non-hydrogen) atoms. The monoisotopic (exact) mass is 453 g/mol. The van der Waals surface area contributed by atoms with Crippen LogP contribution in [0.5, 0.6) is 5.75 Å². The molecule has 3 aromatic rings. The zero-order valence-electron chi connectivity index (χ0n) is 19.1. The summed E-state index contributed by atoms with van der Waals surface area (Å²) in [4.78, 5) is 22.2. The van der Waals surface area contributed by atoms with Crippen LogP contribution in [0.4, 0.5) is 5.13 Å². The summed E-state index contributed by atoms with van der Waals surface area (Å²) in [5, 5.41) is 0.744. The van der Waals surface area contributed by atoms with E-state index in [0.29, 0.717) is 12.3 Å². The fourth-order valence-corrected chi connectivity index (χ4v) is 5.00. The van der Waals surface area contributed by atoms with Crippen molar-refractivity contribution in [3.05, 3.63) is 53.1 Å². The Labute approximate surface area is 193 Å². The molecule has 1 amide bonds. The highest BCUT2D eigenvalue weighted by Crippen LogP contribution is 2.32. The molecule has 0 spiro atoms. The van der Waals surface area contributed by atoms with Gasteiger partial charge in [-0.3, -0.25) is 14.6 Å². The molecule has 170 valence electrons. The van der Waals surface area contributed by atoms with Crippen molar-refractivity contribution in [1.29, 1.82) is 0 Å². The average molecular weight is 454 g/mol. The van der Waals surface area contributed by atoms with E-state index in [9.17, 15) is 4.79 Å². The van der Waals surface area contributed by atoms with E-state index < -0.39 is 0 Å². The highest BCUT2D eigenvalue weighted by Gasteiger charge is 2.21. The van der Waals surface area contributed by atoms with Gasteiger partial charge in [-0.1, -0.05) is 35.1 Å². The quantitative estimate of drug-likeness (QED) is 0.507. The fourth-order valence-electron chi connectivity index (χ4n) is 3.94. The number of benzene rings is 2. The van der Waals surface area contributed by atoms with E-state index in [1.807, 2.05) is 31.2 Å². The maximum atomic E-state index is 13.2. The predicted octanol–water partition coefficient (Wildman–Crippen LogP) is 4.36. The number of anilines is 1. The van der Waals surface area contributed by atoms with Crippen molar-refractivity contribution in [1.82, 2.24) is 9.88 Å². The van der Waals surface area contributed by atoms with Crippen LogP contribution in [0.15, 0.2) is 36.4 Å². The normalized spacial score (nSPS) is 14.6. The summed E-state index contributed by atoms with van der Waals surface area (Å²) in [6.45, 7) is 11.2. The Morgan fingerprint density at radius 3 is 2.62 bits per heavy atom. The van der Waals surface area contributed by atoms with Crippen molar-refractivity contribution >= 4 is 32.6 Å². The Morgan fingerprint density at radius 2 is 1.88 bits per heavy atom. The molecule has 0 bridgehead atoms. The van der Waals surface area contributed by atoms with Crippen molar-refractivity contribution < 1.29 is 14.3 Å².